The smallest absolute Gasteiger partial charge is 0.248 e. The summed E-state index contributed by atoms with van der Waals surface area (Å²) in [5.41, 5.74) is 13.5. The van der Waals surface area contributed by atoms with Crippen molar-refractivity contribution in [2.24, 2.45) is 5.73 Å². The Balaban J connectivity index is 1.94. The number of aryl methyl sites for hydroxylation is 2. The van der Waals surface area contributed by atoms with Crippen molar-refractivity contribution in [2.75, 3.05) is 0 Å². The van der Waals surface area contributed by atoms with Crippen LogP contribution in [-0.4, -0.2) is 5.91 Å². The molecule has 0 bridgehead atoms. The van der Waals surface area contributed by atoms with Gasteiger partial charge in [-0.25, -0.2) is 4.39 Å². The first-order valence-corrected chi connectivity index (χ1v) is 10.8. The van der Waals surface area contributed by atoms with E-state index in [2.05, 4.69) is 31.2 Å². The minimum Gasteiger partial charge on any atom is -0.366 e. The molecule has 1 amide bonds. The molecule has 0 aromatic heterocycles. The molecule has 0 saturated carbocycles. The third-order valence-electron chi connectivity index (χ3n) is 6.09. The molecule has 4 rings (SSSR count). The Morgan fingerprint density at radius 1 is 0.903 bits per heavy atom. The van der Waals surface area contributed by atoms with Gasteiger partial charge in [-0.15, -0.1) is 0 Å². The van der Waals surface area contributed by atoms with E-state index in [0.717, 1.165) is 41.5 Å². The Labute approximate surface area is 183 Å². The second-order valence-electron chi connectivity index (χ2n) is 8.86. The molecule has 2 nitrogen and oxygen atoms in total. The molecule has 0 heterocycles. The standard InChI is InChI=1S/C28H28FNO/c1-18-7-9-20(10-8-18)26-24(19-11-14-23(15-12-19)28(2,3)29)6-4-5-21-17-22(27(30)31)13-16-25(21)26/h7-17H,4-6H2,1-3H3,(H2,30,31). The SMILES string of the molecule is Cc1ccc(C2=C(c3ccc(C(C)(C)F)cc3)CCCc3cc(C(N)=O)ccc32)cc1. The van der Waals surface area contributed by atoms with E-state index in [1.54, 1.807) is 13.8 Å². The highest BCUT2D eigenvalue weighted by Crippen LogP contribution is 2.40. The number of rotatable bonds is 4. The quantitative estimate of drug-likeness (QED) is 0.515. The number of hydrogen-bond acceptors (Lipinski definition) is 1. The summed E-state index contributed by atoms with van der Waals surface area (Å²) in [4.78, 5) is 11.7. The number of allylic oxidation sites excluding steroid dienone is 1. The van der Waals surface area contributed by atoms with Crippen molar-refractivity contribution in [2.45, 2.75) is 45.7 Å². The summed E-state index contributed by atoms with van der Waals surface area (Å²) in [5.74, 6) is -0.405. The van der Waals surface area contributed by atoms with Crippen LogP contribution in [0, 0.1) is 6.92 Å². The van der Waals surface area contributed by atoms with E-state index in [1.165, 1.54) is 16.7 Å². The Morgan fingerprint density at radius 3 is 2.16 bits per heavy atom. The van der Waals surface area contributed by atoms with E-state index in [0.29, 0.717) is 11.1 Å². The number of fused-ring (bicyclic) bond motifs is 1. The number of halogens is 1. The highest BCUT2D eigenvalue weighted by atomic mass is 19.1. The Morgan fingerprint density at radius 2 is 1.55 bits per heavy atom. The second kappa shape index (κ2) is 8.14. The van der Waals surface area contributed by atoms with Crippen LogP contribution in [0.2, 0.25) is 0 Å². The van der Waals surface area contributed by atoms with Gasteiger partial charge >= 0.3 is 0 Å². The van der Waals surface area contributed by atoms with Crippen LogP contribution in [-0.2, 0) is 12.1 Å². The molecule has 0 unspecified atom stereocenters. The van der Waals surface area contributed by atoms with E-state index in [-0.39, 0.29) is 0 Å². The van der Waals surface area contributed by atoms with Crippen LogP contribution in [0.25, 0.3) is 11.1 Å². The van der Waals surface area contributed by atoms with Crippen molar-refractivity contribution < 1.29 is 9.18 Å². The first-order chi connectivity index (χ1) is 14.7. The molecule has 1 aliphatic carbocycles. The van der Waals surface area contributed by atoms with Crippen molar-refractivity contribution in [3.8, 4) is 0 Å². The summed E-state index contributed by atoms with van der Waals surface area (Å²) in [7, 11) is 0. The molecular formula is C28H28FNO. The average Bonchev–Trinajstić information content (AvgIpc) is 2.93. The molecule has 0 radical (unpaired) electrons. The lowest BCUT2D eigenvalue weighted by molar-refractivity contribution is 0.1000. The maximum absolute atomic E-state index is 14.4. The van der Waals surface area contributed by atoms with E-state index < -0.39 is 11.6 Å². The monoisotopic (exact) mass is 413 g/mol. The van der Waals surface area contributed by atoms with Crippen LogP contribution >= 0.6 is 0 Å². The second-order valence-corrected chi connectivity index (χ2v) is 8.86. The average molecular weight is 414 g/mol. The zero-order chi connectivity index (χ0) is 22.2. The topological polar surface area (TPSA) is 43.1 Å². The third kappa shape index (κ3) is 4.32. The fourth-order valence-electron chi connectivity index (χ4n) is 4.35. The molecule has 0 saturated heterocycles. The number of amides is 1. The lowest BCUT2D eigenvalue weighted by atomic mass is 9.86. The normalized spacial score (nSPS) is 14.2. The van der Waals surface area contributed by atoms with Gasteiger partial charge in [-0.2, -0.15) is 0 Å². The Kier molecular flexibility index (Phi) is 5.53. The molecule has 0 spiro atoms. The molecule has 1 aliphatic rings. The van der Waals surface area contributed by atoms with Gasteiger partial charge in [0.25, 0.3) is 0 Å². The molecule has 3 aromatic rings. The van der Waals surface area contributed by atoms with Gasteiger partial charge in [0.15, 0.2) is 0 Å². The first-order valence-electron chi connectivity index (χ1n) is 10.8. The van der Waals surface area contributed by atoms with Crippen LogP contribution in [0.1, 0.15) is 70.4 Å². The van der Waals surface area contributed by atoms with E-state index in [9.17, 15) is 9.18 Å². The summed E-state index contributed by atoms with van der Waals surface area (Å²) in [6.45, 7) is 5.24. The summed E-state index contributed by atoms with van der Waals surface area (Å²) in [5, 5.41) is 0. The summed E-state index contributed by atoms with van der Waals surface area (Å²) in [6.07, 6.45) is 2.75. The van der Waals surface area contributed by atoms with Crippen LogP contribution < -0.4 is 5.73 Å². The molecule has 3 aromatic carbocycles. The Bertz CT molecular complexity index is 1150. The van der Waals surface area contributed by atoms with E-state index in [1.807, 2.05) is 42.5 Å². The largest absolute Gasteiger partial charge is 0.366 e. The van der Waals surface area contributed by atoms with Gasteiger partial charge < -0.3 is 5.73 Å². The number of primary amides is 1. The number of carbonyl (C=O) groups is 1. The van der Waals surface area contributed by atoms with Crippen LogP contribution in [0.15, 0.2) is 66.7 Å². The van der Waals surface area contributed by atoms with Gasteiger partial charge in [-0.3, -0.25) is 4.79 Å². The number of carbonyl (C=O) groups excluding carboxylic acids is 1. The number of alkyl halides is 1. The molecule has 0 fully saturated rings. The minimum atomic E-state index is -1.37. The fourth-order valence-corrected chi connectivity index (χ4v) is 4.35. The molecule has 3 heteroatoms. The van der Waals surface area contributed by atoms with Gasteiger partial charge in [0, 0.05) is 5.56 Å². The Hall–Kier alpha value is -3.20. The highest BCUT2D eigenvalue weighted by molar-refractivity contribution is 6.01. The summed E-state index contributed by atoms with van der Waals surface area (Å²) in [6, 6.07) is 22.2. The molecule has 0 aliphatic heterocycles. The highest BCUT2D eigenvalue weighted by Gasteiger charge is 2.22. The zero-order valence-corrected chi connectivity index (χ0v) is 18.3. The van der Waals surface area contributed by atoms with Gasteiger partial charge in [0.05, 0.1) is 0 Å². The lowest BCUT2D eigenvalue weighted by Gasteiger charge is -2.19. The fraction of sp³-hybridized carbons (Fsp3) is 0.250. The molecular weight excluding hydrogens is 385 g/mol. The van der Waals surface area contributed by atoms with Crippen molar-refractivity contribution >= 4 is 17.1 Å². The van der Waals surface area contributed by atoms with Gasteiger partial charge in [0.1, 0.15) is 5.67 Å². The molecule has 0 atom stereocenters. The predicted octanol–water partition coefficient (Wildman–Crippen LogP) is 6.59. The number of hydrogen-bond donors (Lipinski definition) is 1. The van der Waals surface area contributed by atoms with Crippen LogP contribution in [0.4, 0.5) is 4.39 Å². The maximum Gasteiger partial charge on any atom is 0.248 e. The van der Waals surface area contributed by atoms with Crippen molar-refractivity contribution in [1.29, 1.82) is 0 Å². The van der Waals surface area contributed by atoms with Crippen molar-refractivity contribution in [1.82, 2.24) is 0 Å². The summed E-state index contributed by atoms with van der Waals surface area (Å²) >= 11 is 0. The third-order valence-corrected chi connectivity index (χ3v) is 6.09. The van der Waals surface area contributed by atoms with Crippen LogP contribution in [0.3, 0.4) is 0 Å². The summed E-state index contributed by atoms with van der Waals surface area (Å²) < 4.78 is 14.4. The first kappa shape index (κ1) is 21.0. The van der Waals surface area contributed by atoms with Crippen molar-refractivity contribution in [3.05, 3.63) is 106 Å². The number of benzene rings is 3. The van der Waals surface area contributed by atoms with Gasteiger partial charge in [-0.1, -0.05) is 60.2 Å². The van der Waals surface area contributed by atoms with Crippen LogP contribution in [0.5, 0.6) is 0 Å². The molecule has 158 valence electrons. The van der Waals surface area contributed by atoms with Crippen molar-refractivity contribution in [3.63, 3.8) is 0 Å². The molecule has 31 heavy (non-hydrogen) atoms. The van der Waals surface area contributed by atoms with E-state index in [4.69, 9.17) is 5.73 Å². The zero-order valence-electron chi connectivity index (χ0n) is 18.3. The van der Waals surface area contributed by atoms with E-state index >= 15 is 0 Å². The van der Waals surface area contributed by atoms with Gasteiger partial charge in [-0.05, 0) is 91.1 Å². The minimum absolute atomic E-state index is 0.405. The predicted molar refractivity (Wildman–Crippen MR) is 126 cm³/mol. The number of nitrogens with two attached hydrogens (primary N) is 1. The molecule has 2 N–H and O–H groups in total. The maximum atomic E-state index is 14.4. The van der Waals surface area contributed by atoms with Gasteiger partial charge in [0.2, 0.25) is 5.91 Å². The lowest BCUT2D eigenvalue weighted by Crippen LogP contribution is -2.11.